The summed E-state index contributed by atoms with van der Waals surface area (Å²) in [4.78, 5) is 0. The lowest BCUT2D eigenvalue weighted by Gasteiger charge is -2.49. The van der Waals surface area contributed by atoms with Gasteiger partial charge < -0.3 is 29.2 Å². The van der Waals surface area contributed by atoms with E-state index in [4.69, 9.17) is 30.5 Å². The highest BCUT2D eigenvalue weighted by molar-refractivity contribution is 6.31. The molecule has 204 valence electrons. The maximum atomic E-state index is 14.7. The Balaban J connectivity index is 1.67. The first-order chi connectivity index (χ1) is 18.3. The Morgan fingerprint density at radius 2 is 1.68 bits per heavy atom. The van der Waals surface area contributed by atoms with Crippen LogP contribution in [-0.4, -0.2) is 49.4 Å². The molecule has 4 rings (SSSR count). The number of aliphatic hydroxyl groups is 2. The van der Waals surface area contributed by atoms with Gasteiger partial charge in [-0.3, -0.25) is 0 Å². The summed E-state index contributed by atoms with van der Waals surface area (Å²) in [7, 11) is 2.73. The molecule has 0 aromatic heterocycles. The highest BCUT2D eigenvalue weighted by atomic mass is 35.5. The number of halogens is 3. The minimum absolute atomic E-state index is 0.00169. The Hall–Kier alpha value is -2.59. The van der Waals surface area contributed by atoms with Crippen LogP contribution in [0.4, 0.5) is 8.78 Å². The third-order valence-corrected chi connectivity index (χ3v) is 7.29. The average molecular weight is 549 g/mol. The van der Waals surface area contributed by atoms with Crippen molar-refractivity contribution in [2.24, 2.45) is 0 Å². The van der Waals surface area contributed by atoms with Crippen LogP contribution < -0.4 is 4.74 Å². The van der Waals surface area contributed by atoms with Crippen molar-refractivity contribution in [2.75, 3.05) is 27.4 Å². The highest BCUT2D eigenvalue weighted by Gasteiger charge is 2.51. The molecule has 2 atom stereocenters. The van der Waals surface area contributed by atoms with E-state index in [-0.39, 0.29) is 30.6 Å². The Morgan fingerprint density at radius 3 is 2.34 bits per heavy atom. The Kier molecular flexibility index (Phi) is 9.03. The van der Waals surface area contributed by atoms with Gasteiger partial charge in [0.05, 0.1) is 33.0 Å². The predicted molar refractivity (Wildman–Crippen MR) is 138 cm³/mol. The third-order valence-electron chi connectivity index (χ3n) is 6.93. The van der Waals surface area contributed by atoms with E-state index < -0.39 is 42.3 Å². The molecule has 1 aliphatic rings. The van der Waals surface area contributed by atoms with Gasteiger partial charge in [0.1, 0.15) is 5.60 Å². The maximum Gasteiger partial charge on any atom is 0.200 e. The summed E-state index contributed by atoms with van der Waals surface area (Å²) < 4.78 is 52.3. The van der Waals surface area contributed by atoms with Crippen LogP contribution in [0.1, 0.15) is 35.1 Å². The second kappa shape index (κ2) is 12.1. The molecule has 9 heteroatoms. The van der Waals surface area contributed by atoms with E-state index in [0.29, 0.717) is 22.8 Å². The van der Waals surface area contributed by atoms with Gasteiger partial charge in [-0.05, 0) is 34.9 Å². The van der Waals surface area contributed by atoms with Crippen LogP contribution in [0.2, 0.25) is 5.02 Å². The van der Waals surface area contributed by atoms with E-state index in [0.717, 1.165) is 5.56 Å². The van der Waals surface area contributed by atoms with Crippen molar-refractivity contribution in [2.45, 2.75) is 43.4 Å². The van der Waals surface area contributed by atoms with Gasteiger partial charge in [-0.2, -0.15) is 4.39 Å². The monoisotopic (exact) mass is 548 g/mol. The molecule has 0 aliphatic carbocycles. The van der Waals surface area contributed by atoms with Gasteiger partial charge in [-0.25, -0.2) is 4.39 Å². The fourth-order valence-corrected chi connectivity index (χ4v) is 4.99. The lowest BCUT2D eigenvalue weighted by Crippen LogP contribution is -2.56. The fraction of sp³-hybridized carbons (Fsp3) is 0.379. The second-order valence-electron chi connectivity index (χ2n) is 9.42. The molecule has 0 spiro atoms. The Bertz CT molecular complexity index is 1240. The molecule has 3 aromatic carbocycles. The molecular weight excluding hydrogens is 518 g/mol. The van der Waals surface area contributed by atoms with Crippen LogP contribution >= 0.6 is 11.6 Å². The third kappa shape index (κ3) is 5.86. The topological polar surface area (TPSA) is 77.4 Å². The van der Waals surface area contributed by atoms with E-state index in [9.17, 15) is 19.0 Å². The molecule has 0 amide bonds. The molecule has 0 bridgehead atoms. The van der Waals surface area contributed by atoms with Crippen molar-refractivity contribution in [3.8, 4) is 5.75 Å². The number of aliphatic hydroxyl groups excluding tert-OH is 2. The lowest BCUT2D eigenvalue weighted by atomic mass is 9.85. The van der Waals surface area contributed by atoms with E-state index in [1.54, 1.807) is 18.2 Å². The zero-order valence-corrected chi connectivity index (χ0v) is 22.0. The van der Waals surface area contributed by atoms with Gasteiger partial charge >= 0.3 is 0 Å². The number of hydrogen-bond acceptors (Lipinski definition) is 6. The normalized spacial score (nSPS) is 20.9. The summed E-state index contributed by atoms with van der Waals surface area (Å²) in [5, 5.41) is 20.8. The molecule has 1 fully saturated rings. The van der Waals surface area contributed by atoms with Crippen LogP contribution in [-0.2, 0) is 33.0 Å². The molecular formula is C29H31ClF2O6. The van der Waals surface area contributed by atoms with Crippen molar-refractivity contribution < 1.29 is 37.9 Å². The largest absolute Gasteiger partial charge is 0.494 e. The zero-order valence-electron chi connectivity index (χ0n) is 21.3. The van der Waals surface area contributed by atoms with E-state index in [1.165, 1.54) is 26.4 Å². The molecule has 6 nitrogen and oxygen atoms in total. The molecule has 0 unspecified atom stereocenters. The standard InChI is InChI=1S/C29H31ClF2O6/c1-35-25-11-8-20(26(31)27(25)32)12-21-13-22(9-10-24(21)30)29(36-2)15-23(14-28(17-33,18-34)38-29)37-16-19-6-4-3-5-7-19/h3-11,13,23,33-34H,12,14-18H2,1-2H3/t23-,29+/m0/s1. The van der Waals surface area contributed by atoms with E-state index in [2.05, 4.69) is 0 Å². The van der Waals surface area contributed by atoms with Crippen LogP contribution in [0, 0.1) is 11.6 Å². The fourth-order valence-electron chi connectivity index (χ4n) is 4.81. The van der Waals surface area contributed by atoms with Gasteiger partial charge in [-0.1, -0.05) is 54.1 Å². The van der Waals surface area contributed by atoms with E-state index >= 15 is 0 Å². The summed E-state index contributed by atoms with van der Waals surface area (Å²) in [5.74, 6) is -3.69. The quantitative estimate of drug-likeness (QED) is 0.365. The van der Waals surface area contributed by atoms with Gasteiger partial charge in [0.2, 0.25) is 5.82 Å². The molecule has 1 heterocycles. The number of ether oxygens (including phenoxy) is 4. The summed E-state index contributed by atoms with van der Waals surface area (Å²) in [6, 6.07) is 17.5. The van der Waals surface area contributed by atoms with Crippen LogP contribution in [0.25, 0.3) is 0 Å². The smallest absolute Gasteiger partial charge is 0.200 e. The molecule has 1 saturated heterocycles. The van der Waals surface area contributed by atoms with Crippen molar-refractivity contribution >= 4 is 11.6 Å². The second-order valence-corrected chi connectivity index (χ2v) is 9.83. The predicted octanol–water partition coefficient (Wildman–Crippen LogP) is 5.14. The number of rotatable bonds is 10. The number of benzene rings is 3. The highest BCUT2D eigenvalue weighted by Crippen LogP contribution is 2.45. The SMILES string of the molecule is COc1ccc(Cc2cc([C@@]3(OC)C[C@@H](OCc4ccccc4)CC(CO)(CO)O3)ccc2Cl)c(F)c1F. The summed E-state index contributed by atoms with van der Waals surface area (Å²) in [5.41, 5.74) is 0.790. The van der Waals surface area contributed by atoms with Crippen molar-refractivity contribution in [3.05, 3.63) is 99.6 Å². The molecule has 1 aliphatic heterocycles. The maximum absolute atomic E-state index is 14.7. The Labute approximate surface area is 225 Å². The first kappa shape index (κ1) is 28.4. The molecule has 3 aromatic rings. The first-order valence-corrected chi connectivity index (χ1v) is 12.6. The minimum Gasteiger partial charge on any atom is -0.494 e. The summed E-state index contributed by atoms with van der Waals surface area (Å²) in [6.45, 7) is -0.598. The summed E-state index contributed by atoms with van der Waals surface area (Å²) in [6.07, 6.45) is 0.0630. The number of hydrogen-bond donors (Lipinski definition) is 2. The van der Waals surface area contributed by atoms with Gasteiger partial charge in [0.15, 0.2) is 17.4 Å². The van der Waals surface area contributed by atoms with Gasteiger partial charge in [-0.15, -0.1) is 0 Å². The van der Waals surface area contributed by atoms with Crippen molar-refractivity contribution in [3.63, 3.8) is 0 Å². The molecule has 0 radical (unpaired) electrons. The minimum atomic E-state index is -1.41. The Morgan fingerprint density at radius 1 is 0.947 bits per heavy atom. The van der Waals surface area contributed by atoms with Crippen LogP contribution in [0.5, 0.6) is 5.75 Å². The molecule has 38 heavy (non-hydrogen) atoms. The van der Waals surface area contributed by atoms with Gasteiger partial charge in [0, 0.05) is 37.0 Å². The van der Waals surface area contributed by atoms with Crippen LogP contribution in [0.3, 0.4) is 0 Å². The van der Waals surface area contributed by atoms with Gasteiger partial charge in [0.25, 0.3) is 0 Å². The van der Waals surface area contributed by atoms with Crippen molar-refractivity contribution in [1.29, 1.82) is 0 Å². The van der Waals surface area contributed by atoms with E-state index in [1.807, 2.05) is 30.3 Å². The average Bonchev–Trinajstić information content (AvgIpc) is 2.95. The molecule has 0 saturated carbocycles. The number of methoxy groups -OCH3 is 2. The zero-order chi connectivity index (χ0) is 27.3. The van der Waals surface area contributed by atoms with Crippen LogP contribution in [0.15, 0.2) is 60.7 Å². The first-order valence-electron chi connectivity index (χ1n) is 12.2. The van der Waals surface area contributed by atoms with Crippen molar-refractivity contribution in [1.82, 2.24) is 0 Å². The summed E-state index contributed by atoms with van der Waals surface area (Å²) >= 11 is 6.45. The molecule has 2 N–H and O–H groups in total. The lowest BCUT2D eigenvalue weighted by molar-refractivity contribution is -0.344.